The quantitative estimate of drug-likeness (QED) is 0.687. The summed E-state index contributed by atoms with van der Waals surface area (Å²) in [4.78, 5) is 0. The fourth-order valence-electron chi connectivity index (χ4n) is 3.43. The van der Waals surface area contributed by atoms with E-state index in [0.717, 1.165) is 31.6 Å². The number of ether oxygens (including phenoxy) is 2. The molecular weight excluding hydrogens is 238 g/mol. The van der Waals surface area contributed by atoms with Crippen molar-refractivity contribution in [3.05, 3.63) is 0 Å². The van der Waals surface area contributed by atoms with Crippen molar-refractivity contribution in [2.24, 2.45) is 17.3 Å². The van der Waals surface area contributed by atoms with Crippen molar-refractivity contribution < 1.29 is 9.47 Å². The Morgan fingerprint density at radius 2 is 1.79 bits per heavy atom. The van der Waals surface area contributed by atoms with Crippen LogP contribution in [0.25, 0.3) is 0 Å². The summed E-state index contributed by atoms with van der Waals surface area (Å²) in [6.07, 6.45) is 5.51. The predicted molar refractivity (Wildman–Crippen MR) is 78.3 cm³/mol. The molecule has 0 aromatic heterocycles. The van der Waals surface area contributed by atoms with E-state index in [1.54, 1.807) is 7.11 Å². The van der Waals surface area contributed by atoms with Crippen molar-refractivity contribution in [2.75, 3.05) is 33.5 Å². The van der Waals surface area contributed by atoms with Gasteiger partial charge in [-0.3, -0.25) is 0 Å². The summed E-state index contributed by atoms with van der Waals surface area (Å²) in [5.41, 5.74) is 0.713. The van der Waals surface area contributed by atoms with Gasteiger partial charge in [0, 0.05) is 25.8 Å². The van der Waals surface area contributed by atoms with E-state index >= 15 is 0 Å². The average Bonchev–Trinajstić information content (AvgIpc) is 2.94. The van der Waals surface area contributed by atoms with Crippen molar-refractivity contribution in [2.45, 2.75) is 52.0 Å². The van der Waals surface area contributed by atoms with Crippen molar-refractivity contribution >= 4 is 0 Å². The van der Waals surface area contributed by atoms with Crippen LogP contribution >= 0.6 is 0 Å². The molecule has 0 aromatic carbocycles. The molecule has 0 radical (unpaired) electrons. The Labute approximate surface area is 118 Å². The highest BCUT2D eigenvalue weighted by Crippen LogP contribution is 2.60. The van der Waals surface area contributed by atoms with Gasteiger partial charge < -0.3 is 14.8 Å². The summed E-state index contributed by atoms with van der Waals surface area (Å²) < 4.78 is 10.7. The minimum atomic E-state index is 0.219. The maximum atomic E-state index is 5.69. The van der Waals surface area contributed by atoms with Gasteiger partial charge in [-0.25, -0.2) is 0 Å². The van der Waals surface area contributed by atoms with Crippen molar-refractivity contribution in [1.82, 2.24) is 5.32 Å². The van der Waals surface area contributed by atoms with Gasteiger partial charge in [0.2, 0.25) is 0 Å². The lowest BCUT2D eigenvalue weighted by Crippen LogP contribution is -2.44. The monoisotopic (exact) mass is 269 g/mol. The van der Waals surface area contributed by atoms with Crippen LogP contribution in [0.4, 0.5) is 0 Å². The first-order valence-corrected chi connectivity index (χ1v) is 7.76. The Morgan fingerprint density at radius 1 is 1.11 bits per heavy atom. The van der Waals surface area contributed by atoms with Gasteiger partial charge in [-0.15, -0.1) is 0 Å². The Bertz CT molecular complexity index is 275. The van der Waals surface area contributed by atoms with Crippen molar-refractivity contribution in [3.8, 4) is 0 Å². The van der Waals surface area contributed by atoms with Gasteiger partial charge in [-0.05, 0) is 63.7 Å². The minimum Gasteiger partial charge on any atom is -0.382 e. The molecular formula is C16H31NO2. The van der Waals surface area contributed by atoms with E-state index in [1.807, 2.05) is 0 Å². The van der Waals surface area contributed by atoms with Gasteiger partial charge in [0.25, 0.3) is 0 Å². The smallest absolute Gasteiger partial charge is 0.0700 e. The van der Waals surface area contributed by atoms with E-state index in [1.165, 1.54) is 25.7 Å². The molecule has 0 amide bonds. The molecule has 2 unspecified atom stereocenters. The minimum absolute atomic E-state index is 0.219. The molecule has 2 saturated carbocycles. The molecule has 3 nitrogen and oxygen atoms in total. The van der Waals surface area contributed by atoms with Crippen molar-refractivity contribution in [1.29, 1.82) is 0 Å². The number of rotatable bonds is 8. The van der Waals surface area contributed by atoms with Crippen molar-refractivity contribution in [3.63, 3.8) is 0 Å². The lowest BCUT2D eigenvalue weighted by atomic mass is 9.79. The zero-order chi connectivity index (χ0) is 13.9. The van der Waals surface area contributed by atoms with Gasteiger partial charge in [-0.2, -0.15) is 0 Å². The van der Waals surface area contributed by atoms with E-state index in [-0.39, 0.29) is 5.54 Å². The van der Waals surface area contributed by atoms with Crippen LogP contribution in [-0.2, 0) is 9.47 Å². The molecule has 0 bridgehead atoms. The Hall–Kier alpha value is -0.120. The summed E-state index contributed by atoms with van der Waals surface area (Å²) in [5.74, 6) is 2.06. The fraction of sp³-hybridized carbons (Fsp3) is 1.00. The third-order valence-corrected chi connectivity index (χ3v) is 4.66. The van der Waals surface area contributed by atoms with Gasteiger partial charge in [0.05, 0.1) is 13.2 Å². The molecule has 3 heteroatoms. The molecule has 0 aliphatic heterocycles. The molecule has 2 aliphatic rings. The molecule has 0 saturated heterocycles. The highest BCUT2D eigenvalue weighted by atomic mass is 16.5. The molecule has 2 fully saturated rings. The van der Waals surface area contributed by atoms with Gasteiger partial charge in [0.1, 0.15) is 0 Å². The Kier molecular flexibility index (Phi) is 4.91. The number of fused-ring (bicyclic) bond motifs is 1. The summed E-state index contributed by atoms with van der Waals surface area (Å²) >= 11 is 0. The number of nitrogens with one attached hydrogen (secondary N) is 1. The van der Waals surface area contributed by atoms with Gasteiger partial charge in [-0.1, -0.05) is 0 Å². The molecule has 0 heterocycles. The summed E-state index contributed by atoms with van der Waals surface area (Å²) in [6, 6.07) is 0. The molecule has 1 N–H and O–H groups in total. The highest BCUT2D eigenvalue weighted by molar-refractivity contribution is 5.04. The first kappa shape index (κ1) is 15.3. The molecule has 2 aliphatic carbocycles. The van der Waals surface area contributed by atoms with Crippen LogP contribution in [0.1, 0.15) is 46.5 Å². The van der Waals surface area contributed by atoms with Crippen LogP contribution in [0.3, 0.4) is 0 Å². The molecule has 0 aromatic rings. The number of methoxy groups -OCH3 is 1. The molecule has 0 spiro atoms. The topological polar surface area (TPSA) is 30.5 Å². The first-order valence-electron chi connectivity index (χ1n) is 7.76. The maximum absolute atomic E-state index is 5.69. The Morgan fingerprint density at radius 3 is 2.37 bits per heavy atom. The molecule has 112 valence electrons. The maximum Gasteiger partial charge on any atom is 0.0700 e. The Balaban J connectivity index is 1.75. The normalized spacial score (nSPS) is 33.5. The van der Waals surface area contributed by atoms with Crippen LogP contribution in [-0.4, -0.2) is 39.0 Å². The van der Waals surface area contributed by atoms with E-state index in [9.17, 15) is 0 Å². The largest absolute Gasteiger partial charge is 0.382 e. The second kappa shape index (κ2) is 6.11. The lowest BCUT2D eigenvalue weighted by molar-refractivity contribution is 0.0478. The van der Waals surface area contributed by atoms with E-state index in [4.69, 9.17) is 9.47 Å². The second-order valence-electron chi connectivity index (χ2n) is 7.62. The highest BCUT2D eigenvalue weighted by Gasteiger charge is 2.53. The standard InChI is InChI=1S/C16H31NO2/c1-15(2,3)17-12-16(5-6-19-8-7-18-4)10-13-9-14(13)11-16/h13-14,17H,5-12H2,1-4H3. The zero-order valence-corrected chi connectivity index (χ0v) is 13.1. The summed E-state index contributed by atoms with van der Waals surface area (Å²) in [6.45, 7) is 10.2. The van der Waals surface area contributed by atoms with Crippen LogP contribution in [0, 0.1) is 17.3 Å². The molecule has 2 rings (SSSR count). The summed E-state index contributed by atoms with van der Waals surface area (Å²) in [7, 11) is 1.72. The predicted octanol–water partition coefficient (Wildman–Crippen LogP) is 2.84. The third-order valence-electron chi connectivity index (χ3n) is 4.66. The lowest BCUT2D eigenvalue weighted by Gasteiger charge is -2.35. The fourth-order valence-corrected chi connectivity index (χ4v) is 3.43. The van der Waals surface area contributed by atoms with Crippen LogP contribution < -0.4 is 5.32 Å². The van der Waals surface area contributed by atoms with E-state index in [0.29, 0.717) is 12.0 Å². The van der Waals surface area contributed by atoms with Crippen LogP contribution in [0.2, 0.25) is 0 Å². The van der Waals surface area contributed by atoms with Crippen LogP contribution in [0.15, 0.2) is 0 Å². The number of hydrogen-bond donors (Lipinski definition) is 1. The van der Waals surface area contributed by atoms with Crippen LogP contribution in [0.5, 0.6) is 0 Å². The average molecular weight is 269 g/mol. The number of hydrogen-bond acceptors (Lipinski definition) is 3. The van der Waals surface area contributed by atoms with Gasteiger partial charge >= 0.3 is 0 Å². The first-order chi connectivity index (χ1) is 8.94. The van der Waals surface area contributed by atoms with E-state index < -0.39 is 0 Å². The third kappa shape index (κ3) is 4.73. The SMILES string of the molecule is COCCOCCC1(CNC(C)(C)C)CC2CC2C1. The zero-order valence-electron chi connectivity index (χ0n) is 13.1. The molecule has 2 atom stereocenters. The molecule has 19 heavy (non-hydrogen) atoms. The second-order valence-corrected chi connectivity index (χ2v) is 7.62. The summed E-state index contributed by atoms with van der Waals surface area (Å²) in [5, 5.41) is 3.72. The van der Waals surface area contributed by atoms with Gasteiger partial charge in [0.15, 0.2) is 0 Å². The van der Waals surface area contributed by atoms with E-state index in [2.05, 4.69) is 26.1 Å².